The number of amides is 1. The van der Waals surface area contributed by atoms with Crippen LogP contribution in [0.5, 0.6) is 11.5 Å². The molecule has 2 heterocycles. The second-order valence-corrected chi connectivity index (χ2v) is 7.30. The molecule has 0 saturated carbocycles. The summed E-state index contributed by atoms with van der Waals surface area (Å²) >= 11 is 5.90. The number of nitrogens with one attached hydrogen (secondary N) is 1. The Hall–Kier alpha value is -2.40. The lowest BCUT2D eigenvalue weighted by Gasteiger charge is -2.26. The van der Waals surface area contributed by atoms with Gasteiger partial charge in [0, 0.05) is 23.7 Å². The predicted molar refractivity (Wildman–Crippen MR) is 106 cm³/mol. The van der Waals surface area contributed by atoms with Crippen LogP contribution in [0.4, 0.5) is 5.69 Å². The molecule has 0 aromatic heterocycles. The molecule has 2 aliphatic rings. The summed E-state index contributed by atoms with van der Waals surface area (Å²) in [6.07, 6.45) is 2.85. The Morgan fingerprint density at radius 3 is 2.67 bits per heavy atom. The molecular formula is C21H23ClN2O3. The molecule has 2 aliphatic heterocycles. The minimum Gasteiger partial charge on any atom is -0.490 e. The summed E-state index contributed by atoms with van der Waals surface area (Å²) in [5.74, 6) is 1.67. The first-order valence-corrected chi connectivity index (χ1v) is 9.77. The van der Waals surface area contributed by atoms with Gasteiger partial charge in [0.1, 0.15) is 0 Å². The van der Waals surface area contributed by atoms with Crippen molar-refractivity contribution in [1.82, 2.24) is 4.90 Å². The van der Waals surface area contributed by atoms with Crippen LogP contribution in [0, 0.1) is 0 Å². The van der Waals surface area contributed by atoms with Gasteiger partial charge in [-0.1, -0.05) is 17.7 Å². The number of carbonyl (C=O) groups is 1. The Bertz CT molecular complexity index is 810. The Kier molecular flexibility index (Phi) is 5.39. The fourth-order valence-electron chi connectivity index (χ4n) is 3.65. The van der Waals surface area contributed by atoms with Crippen molar-refractivity contribution in [2.75, 3.05) is 31.6 Å². The average molecular weight is 387 g/mol. The van der Waals surface area contributed by atoms with Crippen molar-refractivity contribution < 1.29 is 14.3 Å². The second-order valence-electron chi connectivity index (χ2n) is 6.86. The number of hydrogen-bond acceptors (Lipinski definition) is 4. The van der Waals surface area contributed by atoms with Crippen molar-refractivity contribution in [3.8, 4) is 11.5 Å². The van der Waals surface area contributed by atoms with Gasteiger partial charge < -0.3 is 19.7 Å². The third-order valence-electron chi connectivity index (χ3n) is 5.02. The molecule has 1 saturated heterocycles. The van der Waals surface area contributed by atoms with Gasteiger partial charge in [-0.05, 0) is 54.8 Å². The zero-order valence-corrected chi connectivity index (χ0v) is 15.9. The van der Waals surface area contributed by atoms with Gasteiger partial charge in [0.25, 0.3) is 0 Å². The smallest absolute Gasteiger partial charge is 0.242 e. The van der Waals surface area contributed by atoms with Crippen molar-refractivity contribution in [2.45, 2.75) is 25.3 Å². The van der Waals surface area contributed by atoms with Crippen LogP contribution in [-0.2, 0) is 4.79 Å². The molecule has 1 fully saturated rings. The minimum atomic E-state index is 0.0849. The molecule has 142 valence electrons. The summed E-state index contributed by atoms with van der Waals surface area (Å²) in [7, 11) is 0. The maximum Gasteiger partial charge on any atom is 0.242 e. The van der Waals surface area contributed by atoms with E-state index in [1.807, 2.05) is 41.3 Å². The minimum absolute atomic E-state index is 0.0849. The molecule has 0 radical (unpaired) electrons. The van der Waals surface area contributed by atoms with E-state index in [0.29, 0.717) is 18.2 Å². The lowest BCUT2D eigenvalue weighted by molar-refractivity contribution is -0.130. The molecule has 0 bridgehead atoms. The van der Waals surface area contributed by atoms with E-state index < -0.39 is 0 Å². The lowest BCUT2D eigenvalue weighted by atomic mass is 10.0. The van der Waals surface area contributed by atoms with E-state index in [4.69, 9.17) is 21.1 Å². The number of anilines is 1. The first kappa shape index (κ1) is 18.0. The van der Waals surface area contributed by atoms with Crippen LogP contribution in [0.1, 0.15) is 30.9 Å². The van der Waals surface area contributed by atoms with Crippen LogP contribution < -0.4 is 14.8 Å². The fraction of sp³-hybridized carbons (Fsp3) is 0.381. The van der Waals surface area contributed by atoms with Crippen molar-refractivity contribution in [3.05, 3.63) is 53.1 Å². The maximum absolute atomic E-state index is 12.8. The summed E-state index contributed by atoms with van der Waals surface area (Å²) in [6.45, 7) is 2.38. The van der Waals surface area contributed by atoms with Crippen LogP contribution in [0.2, 0.25) is 5.02 Å². The van der Waals surface area contributed by atoms with Gasteiger partial charge >= 0.3 is 0 Å². The number of carbonyl (C=O) groups excluding carboxylic acids is 1. The Morgan fingerprint density at radius 1 is 1.07 bits per heavy atom. The number of ether oxygens (including phenoxy) is 2. The zero-order valence-electron chi connectivity index (χ0n) is 15.1. The molecule has 2 aromatic carbocycles. The van der Waals surface area contributed by atoms with Gasteiger partial charge in [-0.2, -0.15) is 0 Å². The van der Waals surface area contributed by atoms with Gasteiger partial charge in [0.15, 0.2) is 11.5 Å². The van der Waals surface area contributed by atoms with E-state index in [-0.39, 0.29) is 18.5 Å². The average Bonchev–Trinajstić information content (AvgIpc) is 3.06. The van der Waals surface area contributed by atoms with Crippen molar-refractivity contribution in [3.63, 3.8) is 0 Å². The Labute approximate surface area is 164 Å². The van der Waals surface area contributed by atoms with Gasteiger partial charge in [-0.25, -0.2) is 0 Å². The largest absolute Gasteiger partial charge is 0.490 e. The van der Waals surface area contributed by atoms with Crippen LogP contribution in [0.25, 0.3) is 0 Å². The second kappa shape index (κ2) is 8.09. The third-order valence-corrected chi connectivity index (χ3v) is 5.27. The Morgan fingerprint density at radius 2 is 1.85 bits per heavy atom. The third kappa shape index (κ3) is 4.14. The summed E-state index contributed by atoms with van der Waals surface area (Å²) in [5, 5.41) is 3.87. The van der Waals surface area contributed by atoms with Gasteiger partial charge in [-0.3, -0.25) is 4.79 Å². The molecule has 4 rings (SSSR count). The lowest BCUT2D eigenvalue weighted by Crippen LogP contribution is -2.35. The van der Waals surface area contributed by atoms with E-state index in [1.54, 1.807) is 0 Å². The van der Waals surface area contributed by atoms with E-state index in [9.17, 15) is 4.79 Å². The number of fused-ring (bicyclic) bond motifs is 1. The Balaban J connectivity index is 1.44. The number of rotatable bonds is 4. The van der Waals surface area contributed by atoms with Crippen LogP contribution in [-0.4, -0.2) is 37.1 Å². The highest BCUT2D eigenvalue weighted by molar-refractivity contribution is 6.30. The monoisotopic (exact) mass is 386 g/mol. The molecule has 6 heteroatoms. The van der Waals surface area contributed by atoms with Crippen molar-refractivity contribution in [1.29, 1.82) is 0 Å². The highest BCUT2D eigenvalue weighted by atomic mass is 35.5. The molecule has 2 aromatic rings. The number of benzene rings is 2. The predicted octanol–water partition coefficient (Wildman–Crippen LogP) is 4.28. The van der Waals surface area contributed by atoms with Crippen LogP contribution in [0.15, 0.2) is 42.5 Å². The van der Waals surface area contributed by atoms with E-state index in [0.717, 1.165) is 48.6 Å². The molecule has 0 spiro atoms. The van der Waals surface area contributed by atoms with Crippen molar-refractivity contribution >= 4 is 23.2 Å². The molecule has 0 aliphatic carbocycles. The molecule has 1 N–H and O–H groups in total. The highest BCUT2D eigenvalue weighted by Crippen LogP contribution is 2.37. The summed E-state index contributed by atoms with van der Waals surface area (Å²) in [6, 6.07) is 13.5. The number of hydrogen-bond donors (Lipinski definition) is 1. The van der Waals surface area contributed by atoms with Gasteiger partial charge in [0.05, 0.1) is 25.8 Å². The number of nitrogens with zero attached hydrogens (tertiary/aromatic N) is 1. The molecule has 0 unspecified atom stereocenters. The van der Waals surface area contributed by atoms with E-state index in [1.165, 1.54) is 0 Å². The summed E-state index contributed by atoms with van der Waals surface area (Å²) in [4.78, 5) is 14.8. The maximum atomic E-state index is 12.8. The fourth-order valence-corrected chi connectivity index (χ4v) is 3.77. The number of halogens is 1. The van der Waals surface area contributed by atoms with Gasteiger partial charge in [-0.15, -0.1) is 0 Å². The zero-order chi connectivity index (χ0) is 18.6. The number of likely N-dealkylation sites (tertiary alicyclic amines) is 1. The van der Waals surface area contributed by atoms with Crippen LogP contribution in [0.3, 0.4) is 0 Å². The normalized spacial score (nSPS) is 18.9. The van der Waals surface area contributed by atoms with Crippen molar-refractivity contribution in [2.24, 2.45) is 0 Å². The van der Waals surface area contributed by atoms with Gasteiger partial charge in [0.2, 0.25) is 5.91 Å². The standard InChI is InChI=1S/C21H23ClN2O3/c22-16-5-7-17(8-6-16)23-14-21(25)24-10-1-3-18(24)15-4-9-19-20(13-15)27-12-2-11-26-19/h4-9,13,18,23H,1-3,10-12,14H2/t18-/m1/s1. The molecule has 5 nitrogen and oxygen atoms in total. The quantitative estimate of drug-likeness (QED) is 0.852. The molecule has 1 atom stereocenters. The molecule has 27 heavy (non-hydrogen) atoms. The first-order chi connectivity index (χ1) is 13.2. The first-order valence-electron chi connectivity index (χ1n) is 9.39. The summed E-state index contributed by atoms with van der Waals surface area (Å²) < 4.78 is 11.5. The highest BCUT2D eigenvalue weighted by Gasteiger charge is 2.30. The summed E-state index contributed by atoms with van der Waals surface area (Å²) in [5.41, 5.74) is 2.00. The molecular weight excluding hydrogens is 364 g/mol. The van der Waals surface area contributed by atoms with Crippen LogP contribution >= 0.6 is 11.6 Å². The van der Waals surface area contributed by atoms with E-state index >= 15 is 0 Å². The topological polar surface area (TPSA) is 50.8 Å². The van der Waals surface area contributed by atoms with E-state index in [2.05, 4.69) is 11.4 Å². The molecule has 1 amide bonds. The SMILES string of the molecule is O=C(CNc1ccc(Cl)cc1)N1CCC[C@@H]1c1ccc2c(c1)OCCCO2.